The van der Waals surface area contributed by atoms with Crippen LogP contribution in [-0.4, -0.2) is 94.4 Å². The van der Waals surface area contributed by atoms with Gasteiger partial charge in [-0.05, 0) is 49.8 Å². The van der Waals surface area contributed by atoms with Crippen LogP contribution in [0, 0.1) is 5.92 Å². The molecule has 1 saturated carbocycles. The van der Waals surface area contributed by atoms with Gasteiger partial charge in [-0.15, -0.1) is 11.8 Å². The van der Waals surface area contributed by atoms with Crippen LogP contribution in [0.2, 0.25) is 0 Å². The highest BCUT2D eigenvalue weighted by molar-refractivity contribution is 7.99. The van der Waals surface area contributed by atoms with Crippen molar-refractivity contribution in [3.8, 4) is 0 Å². The van der Waals surface area contributed by atoms with E-state index in [2.05, 4.69) is 39.8 Å². The van der Waals surface area contributed by atoms with Gasteiger partial charge in [0.25, 0.3) is 0 Å². The quantitative estimate of drug-likeness (QED) is 0.293. The largest absolute Gasteiger partial charge is 0.459 e. The average Bonchev–Trinajstić information content (AvgIpc) is 3.49. The summed E-state index contributed by atoms with van der Waals surface area (Å²) in [7, 11) is 0. The maximum atomic E-state index is 13.5. The molecule has 3 aliphatic rings. The molecule has 11 heteroatoms. The third-order valence-corrected chi connectivity index (χ3v) is 10.4. The van der Waals surface area contributed by atoms with E-state index < -0.39 is 29.9 Å². The first kappa shape index (κ1) is 31.7. The highest BCUT2D eigenvalue weighted by Gasteiger charge is 2.39. The number of benzene rings is 1. The molecule has 41 heavy (non-hydrogen) atoms. The minimum absolute atomic E-state index is 0.0567. The van der Waals surface area contributed by atoms with Crippen LogP contribution in [0.3, 0.4) is 0 Å². The summed E-state index contributed by atoms with van der Waals surface area (Å²) in [5.41, 5.74) is 1.29. The van der Waals surface area contributed by atoms with Gasteiger partial charge in [-0.1, -0.05) is 49.6 Å². The molecule has 0 bridgehead atoms. The molecule has 2 N–H and O–H groups in total. The Hall–Kier alpha value is -2.24. The molecule has 0 radical (unpaired) electrons. The summed E-state index contributed by atoms with van der Waals surface area (Å²) in [5.74, 6) is 0.386. The van der Waals surface area contributed by atoms with E-state index in [1.807, 2.05) is 6.07 Å². The van der Waals surface area contributed by atoms with Gasteiger partial charge in [0.15, 0.2) is 0 Å². The number of esters is 1. The lowest BCUT2D eigenvalue weighted by Gasteiger charge is -2.33. The fraction of sp³-hybridized carbons (Fsp3) is 0.667. The lowest BCUT2D eigenvalue weighted by Crippen LogP contribution is -2.57. The van der Waals surface area contributed by atoms with Crippen molar-refractivity contribution >= 4 is 47.2 Å². The lowest BCUT2D eigenvalue weighted by atomic mass is 9.91. The fourth-order valence-corrected chi connectivity index (χ4v) is 8.13. The second kappa shape index (κ2) is 16.4. The Bertz CT molecular complexity index is 1020. The number of thioether (sulfide) groups is 2. The van der Waals surface area contributed by atoms with Crippen molar-refractivity contribution in [2.24, 2.45) is 5.92 Å². The summed E-state index contributed by atoms with van der Waals surface area (Å²) in [4.78, 5) is 55.2. The molecule has 1 aromatic carbocycles. The first-order valence-electron chi connectivity index (χ1n) is 14.9. The molecule has 226 valence electrons. The Kier molecular flexibility index (Phi) is 12.7. The van der Waals surface area contributed by atoms with Gasteiger partial charge in [0.05, 0.1) is 12.5 Å². The van der Waals surface area contributed by atoms with Crippen molar-refractivity contribution in [3.05, 3.63) is 35.9 Å². The van der Waals surface area contributed by atoms with Crippen molar-refractivity contribution in [3.63, 3.8) is 0 Å². The lowest BCUT2D eigenvalue weighted by molar-refractivity contribution is -0.160. The molecule has 9 nitrogen and oxygen atoms in total. The topological polar surface area (TPSA) is 108 Å². The summed E-state index contributed by atoms with van der Waals surface area (Å²) in [6, 6.07) is 8.95. The van der Waals surface area contributed by atoms with Crippen LogP contribution in [0.25, 0.3) is 0 Å². The number of nitrogens with one attached hydrogen (secondary N) is 2. The Balaban J connectivity index is 1.32. The van der Waals surface area contributed by atoms with Gasteiger partial charge in [-0.25, -0.2) is 4.79 Å². The van der Waals surface area contributed by atoms with Crippen molar-refractivity contribution in [1.29, 1.82) is 0 Å². The van der Waals surface area contributed by atoms with Gasteiger partial charge in [0.2, 0.25) is 11.8 Å². The van der Waals surface area contributed by atoms with Gasteiger partial charge < -0.3 is 20.3 Å². The molecule has 0 spiro atoms. The molecule has 0 aromatic heterocycles. The van der Waals surface area contributed by atoms with Crippen LogP contribution in [-0.2, 0) is 30.5 Å². The van der Waals surface area contributed by atoms with Crippen molar-refractivity contribution in [1.82, 2.24) is 20.4 Å². The van der Waals surface area contributed by atoms with E-state index >= 15 is 0 Å². The third-order valence-electron chi connectivity index (χ3n) is 8.07. The SMILES string of the molecule is CCOC(=O)C(=O)N1CSC[C@H]1C(=O)N[C@@H](CSCC1CCCCC1)C(=O)NC1CCN(Cc2ccccc2)CC1. The summed E-state index contributed by atoms with van der Waals surface area (Å²) >= 11 is 3.13. The van der Waals surface area contributed by atoms with Crippen molar-refractivity contribution < 1.29 is 23.9 Å². The van der Waals surface area contributed by atoms with E-state index in [1.54, 1.807) is 18.7 Å². The number of likely N-dealkylation sites (tertiary alicyclic amines) is 1. The standard InChI is InChI=1S/C30H44N4O5S2/c1-2-39-30(38)29(37)34-21-41-20-26(34)28(36)32-25(19-40-18-23-11-7-4-8-12-23)27(35)31-24-13-15-33(16-14-24)17-22-9-5-3-6-10-22/h3,5-6,9-10,23-26H,2,4,7-8,11-21H2,1H3,(H,31,35)(H,32,36)/t25-,26-/m0/s1. The molecule has 3 amide bonds. The van der Waals surface area contributed by atoms with Gasteiger partial charge >= 0.3 is 11.9 Å². The second-order valence-corrected chi connectivity index (χ2v) is 13.2. The Morgan fingerprint density at radius 3 is 2.49 bits per heavy atom. The summed E-state index contributed by atoms with van der Waals surface area (Å²) in [6.45, 7) is 4.43. The molecule has 1 aliphatic carbocycles. The molecular weight excluding hydrogens is 560 g/mol. The number of piperidine rings is 1. The molecule has 0 unspecified atom stereocenters. The highest BCUT2D eigenvalue weighted by Crippen LogP contribution is 2.27. The van der Waals surface area contributed by atoms with Gasteiger partial charge in [0, 0.05) is 37.2 Å². The molecule has 2 heterocycles. The van der Waals surface area contributed by atoms with Crippen LogP contribution >= 0.6 is 23.5 Å². The van der Waals surface area contributed by atoms with Gasteiger partial charge in [0.1, 0.15) is 12.1 Å². The number of rotatable bonds is 11. The van der Waals surface area contributed by atoms with E-state index in [0.717, 1.165) is 38.2 Å². The predicted molar refractivity (Wildman–Crippen MR) is 163 cm³/mol. The zero-order valence-electron chi connectivity index (χ0n) is 24.1. The van der Waals surface area contributed by atoms with E-state index in [0.29, 0.717) is 17.4 Å². The van der Waals surface area contributed by atoms with Crippen LogP contribution in [0.15, 0.2) is 30.3 Å². The zero-order valence-corrected chi connectivity index (χ0v) is 25.7. The van der Waals surface area contributed by atoms with E-state index in [4.69, 9.17) is 4.74 Å². The monoisotopic (exact) mass is 604 g/mol. The van der Waals surface area contributed by atoms with E-state index in [1.165, 1.54) is 54.3 Å². The maximum Gasteiger partial charge on any atom is 0.397 e. The number of carbonyl (C=O) groups is 4. The summed E-state index contributed by atoms with van der Waals surface area (Å²) < 4.78 is 4.86. The summed E-state index contributed by atoms with van der Waals surface area (Å²) in [6.07, 6.45) is 7.99. The van der Waals surface area contributed by atoms with Gasteiger partial charge in [-0.3, -0.25) is 19.3 Å². The maximum absolute atomic E-state index is 13.5. The number of hydrogen-bond donors (Lipinski definition) is 2. The van der Waals surface area contributed by atoms with Crippen LogP contribution in [0.5, 0.6) is 0 Å². The molecule has 2 atom stereocenters. The van der Waals surface area contributed by atoms with Gasteiger partial charge in [-0.2, -0.15) is 11.8 Å². The number of nitrogens with zero attached hydrogens (tertiary/aromatic N) is 2. The molecule has 2 aliphatic heterocycles. The Labute approximate surface area is 252 Å². The Morgan fingerprint density at radius 1 is 1.05 bits per heavy atom. The van der Waals surface area contributed by atoms with Crippen molar-refractivity contribution in [2.75, 3.05) is 42.8 Å². The fourth-order valence-electron chi connectivity index (χ4n) is 5.71. The molecule has 3 fully saturated rings. The summed E-state index contributed by atoms with van der Waals surface area (Å²) in [5, 5.41) is 6.14. The molecule has 4 rings (SSSR count). The average molecular weight is 605 g/mol. The number of amides is 3. The minimum Gasteiger partial charge on any atom is -0.459 e. The molecular formula is C30H44N4O5S2. The Morgan fingerprint density at radius 2 is 1.78 bits per heavy atom. The first-order chi connectivity index (χ1) is 19.9. The number of carbonyl (C=O) groups excluding carboxylic acids is 4. The van der Waals surface area contributed by atoms with E-state index in [-0.39, 0.29) is 24.4 Å². The van der Waals surface area contributed by atoms with Crippen molar-refractivity contribution in [2.45, 2.75) is 76.5 Å². The predicted octanol–water partition coefficient (Wildman–Crippen LogP) is 3.03. The van der Waals surface area contributed by atoms with E-state index in [9.17, 15) is 19.2 Å². The third kappa shape index (κ3) is 9.64. The minimum atomic E-state index is -0.955. The normalized spacial score (nSPS) is 21.3. The zero-order chi connectivity index (χ0) is 29.0. The first-order valence-corrected chi connectivity index (χ1v) is 17.3. The van der Waals surface area contributed by atoms with Crippen LogP contribution in [0.4, 0.5) is 0 Å². The van der Waals surface area contributed by atoms with Crippen LogP contribution < -0.4 is 10.6 Å². The smallest absolute Gasteiger partial charge is 0.397 e. The molecule has 2 saturated heterocycles. The van der Waals surface area contributed by atoms with Crippen LogP contribution in [0.1, 0.15) is 57.4 Å². The second-order valence-electron chi connectivity index (χ2n) is 11.2. The number of ether oxygens (including phenoxy) is 1. The molecule has 1 aromatic rings. The highest BCUT2D eigenvalue weighted by atomic mass is 32.2. The number of hydrogen-bond acceptors (Lipinski definition) is 8.